The van der Waals surface area contributed by atoms with Crippen molar-refractivity contribution in [3.05, 3.63) is 82.4 Å². The van der Waals surface area contributed by atoms with Gasteiger partial charge in [-0.2, -0.15) is 13.2 Å². The molecule has 0 bridgehead atoms. The minimum atomic E-state index is -4.51. The van der Waals surface area contributed by atoms with Crippen LogP contribution in [0.4, 0.5) is 13.2 Å². The molecule has 0 saturated carbocycles. The number of benzene rings is 1. The van der Waals surface area contributed by atoms with Crippen LogP contribution in [-0.2, 0) is 37.1 Å². The van der Waals surface area contributed by atoms with Crippen molar-refractivity contribution in [1.82, 2.24) is 30.1 Å². The van der Waals surface area contributed by atoms with Gasteiger partial charge in [0, 0.05) is 63.6 Å². The molecular weight excluding hydrogens is 573 g/mol. The molecule has 4 aromatic rings. The van der Waals surface area contributed by atoms with Crippen LogP contribution in [0.2, 0.25) is 0 Å². The van der Waals surface area contributed by atoms with E-state index in [1.165, 1.54) is 6.07 Å². The minimum absolute atomic E-state index is 0.00619. The summed E-state index contributed by atoms with van der Waals surface area (Å²) >= 11 is 0. The maximum Gasteiger partial charge on any atom is 0.416 e. The predicted molar refractivity (Wildman–Crippen MR) is 158 cm³/mol. The van der Waals surface area contributed by atoms with Crippen molar-refractivity contribution in [3.8, 4) is 11.5 Å². The normalized spacial score (nSPS) is 17.6. The van der Waals surface area contributed by atoms with Crippen LogP contribution in [0, 0.1) is 0 Å². The van der Waals surface area contributed by atoms with Gasteiger partial charge in [-0.3, -0.25) is 14.7 Å². The summed E-state index contributed by atoms with van der Waals surface area (Å²) in [6.45, 7) is 5.71. The molecule has 2 aliphatic rings. The third-order valence-electron chi connectivity index (χ3n) is 8.39. The second kappa shape index (κ2) is 12.5. The van der Waals surface area contributed by atoms with Gasteiger partial charge in [-0.25, -0.2) is 4.98 Å². The Balaban J connectivity index is 1.20. The Morgan fingerprint density at radius 2 is 1.95 bits per heavy atom. The Kier molecular flexibility index (Phi) is 8.57. The van der Waals surface area contributed by atoms with Crippen molar-refractivity contribution in [2.75, 3.05) is 32.7 Å². The maximum absolute atomic E-state index is 14.1. The molecule has 9 nitrogen and oxygen atoms in total. The van der Waals surface area contributed by atoms with Crippen LogP contribution in [0.1, 0.15) is 52.9 Å². The van der Waals surface area contributed by atoms with E-state index in [1.54, 1.807) is 35.5 Å². The van der Waals surface area contributed by atoms with Crippen LogP contribution in [-0.4, -0.2) is 68.5 Å². The zero-order chi connectivity index (χ0) is 30.8. The van der Waals surface area contributed by atoms with Gasteiger partial charge in [-0.05, 0) is 47.4 Å². The Hall–Kier alpha value is -4.00. The van der Waals surface area contributed by atoms with Crippen molar-refractivity contribution < 1.29 is 27.8 Å². The summed E-state index contributed by atoms with van der Waals surface area (Å²) in [6.07, 6.45) is -0.617. The average molecular weight is 609 g/mol. The summed E-state index contributed by atoms with van der Waals surface area (Å²) in [5.41, 5.74) is 2.83. The number of nitrogens with one attached hydrogen (secondary N) is 2. The highest BCUT2D eigenvalue weighted by Crippen LogP contribution is 2.36. The van der Waals surface area contributed by atoms with E-state index in [0.29, 0.717) is 48.0 Å². The summed E-state index contributed by atoms with van der Waals surface area (Å²) in [6, 6.07) is 9.67. The zero-order valence-corrected chi connectivity index (χ0v) is 24.5. The molecule has 1 amide bonds. The Bertz CT molecular complexity index is 1650. The fourth-order valence-electron chi connectivity index (χ4n) is 6.07. The fraction of sp³-hybridized carbons (Fsp3) is 0.406. The summed E-state index contributed by atoms with van der Waals surface area (Å²) in [4.78, 5) is 29.2. The lowest BCUT2D eigenvalue weighted by atomic mass is 9.92. The molecule has 232 valence electrons. The van der Waals surface area contributed by atoms with E-state index >= 15 is 0 Å². The quantitative estimate of drug-likeness (QED) is 0.265. The number of hydrogen-bond acceptors (Lipinski definition) is 7. The van der Waals surface area contributed by atoms with Crippen LogP contribution in [0.3, 0.4) is 0 Å². The third-order valence-corrected chi connectivity index (χ3v) is 8.39. The summed E-state index contributed by atoms with van der Waals surface area (Å²) in [7, 11) is 0. The van der Waals surface area contributed by atoms with Gasteiger partial charge in [0.2, 0.25) is 5.91 Å². The van der Waals surface area contributed by atoms with Gasteiger partial charge < -0.3 is 25.0 Å². The molecule has 0 radical (unpaired) electrons. The van der Waals surface area contributed by atoms with E-state index in [1.807, 2.05) is 17.9 Å². The molecule has 2 aliphatic heterocycles. The number of fused-ring (bicyclic) bond motifs is 2. The average Bonchev–Trinajstić information content (AvgIpc) is 3.46. The van der Waals surface area contributed by atoms with Crippen LogP contribution < -0.4 is 10.1 Å². The molecule has 1 fully saturated rings. The molecule has 1 aromatic carbocycles. The van der Waals surface area contributed by atoms with E-state index in [4.69, 9.17) is 4.74 Å². The molecule has 44 heavy (non-hydrogen) atoms. The monoisotopic (exact) mass is 608 g/mol. The SMILES string of the molecule is CC[C@H]1CN(C(=O)Cc2ccc(CN3CCNCC3)c(C(F)(F)F)c2)Cc2cc(Oc3ccnc4[nH]c(CO)cc34)cnc21. The summed E-state index contributed by atoms with van der Waals surface area (Å²) < 4.78 is 48.4. The molecule has 1 atom stereocenters. The van der Waals surface area contributed by atoms with Crippen molar-refractivity contribution in [1.29, 1.82) is 0 Å². The van der Waals surface area contributed by atoms with E-state index in [9.17, 15) is 23.1 Å². The first-order valence-electron chi connectivity index (χ1n) is 14.9. The lowest BCUT2D eigenvalue weighted by Gasteiger charge is -2.34. The molecule has 6 rings (SSSR count). The Morgan fingerprint density at radius 1 is 1.14 bits per heavy atom. The van der Waals surface area contributed by atoms with Crippen molar-refractivity contribution >= 4 is 16.9 Å². The number of ether oxygens (including phenoxy) is 1. The van der Waals surface area contributed by atoms with E-state index in [-0.39, 0.29) is 43.5 Å². The van der Waals surface area contributed by atoms with E-state index < -0.39 is 11.7 Å². The number of aromatic nitrogens is 3. The molecule has 12 heteroatoms. The number of aliphatic hydroxyl groups is 1. The molecule has 0 spiro atoms. The highest BCUT2D eigenvalue weighted by molar-refractivity contribution is 5.83. The minimum Gasteiger partial charge on any atom is -0.455 e. The number of amides is 1. The first kappa shape index (κ1) is 30.0. The van der Waals surface area contributed by atoms with Gasteiger partial charge in [-0.15, -0.1) is 0 Å². The van der Waals surface area contributed by atoms with Crippen LogP contribution in [0.15, 0.2) is 48.8 Å². The first-order valence-corrected chi connectivity index (χ1v) is 14.9. The number of aliphatic hydroxyl groups excluding tert-OH is 1. The highest BCUT2D eigenvalue weighted by atomic mass is 19.4. The summed E-state index contributed by atoms with van der Waals surface area (Å²) in [5.74, 6) is 0.794. The number of hydrogen-bond donors (Lipinski definition) is 3. The molecule has 0 unspecified atom stereocenters. The van der Waals surface area contributed by atoms with Crippen molar-refractivity contribution in [3.63, 3.8) is 0 Å². The molecule has 3 aromatic heterocycles. The van der Waals surface area contributed by atoms with Gasteiger partial charge in [-0.1, -0.05) is 19.1 Å². The first-order chi connectivity index (χ1) is 21.2. The van der Waals surface area contributed by atoms with Crippen molar-refractivity contribution in [2.24, 2.45) is 0 Å². The number of carbonyl (C=O) groups is 1. The molecule has 5 heterocycles. The third kappa shape index (κ3) is 6.42. The number of alkyl halides is 3. The van der Waals surface area contributed by atoms with Crippen LogP contribution in [0.5, 0.6) is 11.5 Å². The number of piperazine rings is 1. The number of aromatic amines is 1. The van der Waals surface area contributed by atoms with Gasteiger partial charge >= 0.3 is 6.18 Å². The number of H-pyrrole nitrogens is 1. The number of pyridine rings is 2. The van der Waals surface area contributed by atoms with Gasteiger partial charge in [0.25, 0.3) is 0 Å². The van der Waals surface area contributed by atoms with E-state index in [2.05, 4.69) is 20.3 Å². The Labute approximate surface area is 253 Å². The zero-order valence-electron chi connectivity index (χ0n) is 24.5. The largest absolute Gasteiger partial charge is 0.455 e. The number of halogens is 3. The van der Waals surface area contributed by atoms with Crippen LogP contribution in [0.25, 0.3) is 11.0 Å². The number of nitrogens with zero attached hydrogens (tertiary/aromatic N) is 4. The van der Waals surface area contributed by atoms with Gasteiger partial charge in [0.05, 0.1) is 35.9 Å². The van der Waals surface area contributed by atoms with Gasteiger partial charge in [0.1, 0.15) is 17.1 Å². The second-order valence-electron chi connectivity index (χ2n) is 11.4. The van der Waals surface area contributed by atoms with Crippen molar-refractivity contribution in [2.45, 2.75) is 51.6 Å². The molecule has 0 aliphatic carbocycles. The van der Waals surface area contributed by atoms with Crippen LogP contribution >= 0.6 is 0 Å². The Morgan fingerprint density at radius 3 is 2.70 bits per heavy atom. The lowest BCUT2D eigenvalue weighted by Crippen LogP contribution is -2.43. The predicted octanol–water partition coefficient (Wildman–Crippen LogP) is 4.75. The molecule has 1 saturated heterocycles. The fourth-order valence-corrected chi connectivity index (χ4v) is 6.07. The van der Waals surface area contributed by atoms with E-state index in [0.717, 1.165) is 42.2 Å². The molecule has 3 N–H and O–H groups in total. The lowest BCUT2D eigenvalue weighted by molar-refractivity contribution is -0.138. The number of rotatable bonds is 8. The second-order valence-corrected chi connectivity index (χ2v) is 11.4. The standard InChI is InChI=1S/C32H35F3N6O3/c1-2-21-17-41(29(43)12-20-3-4-22(27(11-20)32(33,34)35)16-40-9-7-36-8-10-40)18-23-13-25(15-38-30(21)23)44-28-5-6-37-31-26(28)14-24(19-42)39-31/h3-6,11,13-15,21,36,42H,2,7-10,12,16-19H2,1H3,(H,37,39)/t21-/m0/s1. The summed E-state index contributed by atoms with van der Waals surface area (Å²) in [5, 5.41) is 13.4. The highest BCUT2D eigenvalue weighted by Gasteiger charge is 2.35. The van der Waals surface area contributed by atoms with Gasteiger partial charge in [0.15, 0.2) is 0 Å². The topological polar surface area (TPSA) is 107 Å². The molecular formula is C32H35F3N6O3. The smallest absolute Gasteiger partial charge is 0.416 e. The number of carbonyl (C=O) groups excluding carboxylic acids is 1. The maximum atomic E-state index is 14.1.